The lowest BCUT2D eigenvalue weighted by Crippen LogP contribution is -2.03. The maximum atomic E-state index is 15.1. The van der Waals surface area contributed by atoms with Crippen molar-refractivity contribution in [3.8, 4) is 11.3 Å². The number of rotatable bonds is 6. The van der Waals surface area contributed by atoms with Crippen LogP contribution in [0.5, 0.6) is 0 Å². The van der Waals surface area contributed by atoms with Crippen molar-refractivity contribution in [1.82, 2.24) is 24.4 Å². The zero-order chi connectivity index (χ0) is 19.3. The number of fused-ring (bicyclic) bond motifs is 2. The molecular formula is C21H21FN6. The van der Waals surface area contributed by atoms with Crippen LogP contribution in [0.15, 0.2) is 48.9 Å². The van der Waals surface area contributed by atoms with Crippen LogP contribution in [0.25, 0.3) is 27.8 Å². The summed E-state index contributed by atoms with van der Waals surface area (Å²) in [6, 6.07) is 7.22. The highest BCUT2D eigenvalue weighted by Gasteiger charge is 2.26. The highest BCUT2D eigenvalue weighted by Crippen LogP contribution is 2.37. The molecule has 142 valence electrons. The van der Waals surface area contributed by atoms with E-state index in [1.807, 2.05) is 29.1 Å². The molecule has 1 aliphatic rings. The number of anilines is 1. The van der Waals surface area contributed by atoms with E-state index in [9.17, 15) is 0 Å². The first-order valence-electron chi connectivity index (χ1n) is 9.61. The van der Waals surface area contributed by atoms with Gasteiger partial charge in [-0.05, 0) is 43.4 Å². The predicted octanol–water partition coefficient (Wildman–Crippen LogP) is 4.63. The zero-order valence-electron chi connectivity index (χ0n) is 15.7. The first-order chi connectivity index (χ1) is 13.7. The molecule has 5 rings (SSSR count). The molecule has 1 saturated carbocycles. The SMILES string of the molecule is C=C(Nc1nn(CCC)c2nc(-c3cnn4ccccc34)c(F)cc12)C1CC1. The first-order valence-corrected chi connectivity index (χ1v) is 9.61. The maximum absolute atomic E-state index is 15.1. The quantitative estimate of drug-likeness (QED) is 0.533. The fourth-order valence-electron chi connectivity index (χ4n) is 3.52. The first kappa shape index (κ1) is 16.9. The second-order valence-electron chi connectivity index (χ2n) is 7.27. The summed E-state index contributed by atoms with van der Waals surface area (Å²) in [5.41, 5.74) is 3.38. The van der Waals surface area contributed by atoms with Crippen LogP contribution in [-0.4, -0.2) is 24.4 Å². The van der Waals surface area contributed by atoms with Crippen LogP contribution in [0.1, 0.15) is 26.2 Å². The monoisotopic (exact) mass is 376 g/mol. The van der Waals surface area contributed by atoms with Crippen molar-refractivity contribution in [2.75, 3.05) is 5.32 Å². The Morgan fingerprint density at radius 3 is 3.00 bits per heavy atom. The molecule has 0 aromatic carbocycles. The molecule has 4 aromatic rings. The maximum Gasteiger partial charge on any atom is 0.161 e. The minimum absolute atomic E-state index is 0.290. The summed E-state index contributed by atoms with van der Waals surface area (Å²) in [6.45, 7) is 6.90. The number of aromatic nitrogens is 5. The van der Waals surface area contributed by atoms with Gasteiger partial charge in [0.15, 0.2) is 17.3 Å². The third-order valence-electron chi connectivity index (χ3n) is 5.14. The van der Waals surface area contributed by atoms with E-state index < -0.39 is 0 Å². The second kappa shape index (κ2) is 6.44. The Kier molecular flexibility index (Phi) is 3.89. The molecule has 1 aliphatic carbocycles. The largest absolute Gasteiger partial charge is 0.342 e. The topological polar surface area (TPSA) is 60.0 Å². The smallest absolute Gasteiger partial charge is 0.161 e. The van der Waals surface area contributed by atoms with Crippen molar-refractivity contribution in [3.63, 3.8) is 0 Å². The molecule has 1 N–H and O–H groups in total. The Bertz CT molecular complexity index is 1200. The fourth-order valence-corrected chi connectivity index (χ4v) is 3.52. The van der Waals surface area contributed by atoms with Crippen LogP contribution in [0.4, 0.5) is 10.2 Å². The summed E-state index contributed by atoms with van der Waals surface area (Å²) in [5.74, 6) is 0.725. The summed E-state index contributed by atoms with van der Waals surface area (Å²) in [6.07, 6.45) is 6.68. The van der Waals surface area contributed by atoms with Crippen molar-refractivity contribution in [1.29, 1.82) is 0 Å². The highest BCUT2D eigenvalue weighted by molar-refractivity contribution is 5.91. The van der Waals surface area contributed by atoms with Gasteiger partial charge in [-0.15, -0.1) is 0 Å². The van der Waals surface area contributed by atoms with Crippen LogP contribution in [0, 0.1) is 11.7 Å². The molecule has 0 aliphatic heterocycles. The number of halogens is 1. The van der Waals surface area contributed by atoms with Crippen molar-refractivity contribution >= 4 is 22.4 Å². The average molecular weight is 376 g/mol. The number of allylic oxidation sites excluding steroid dienone is 1. The van der Waals surface area contributed by atoms with Gasteiger partial charge >= 0.3 is 0 Å². The summed E-state index contributed by atoms with van der Waals surface area (Å²) >= 11 is 0. The number of nitrogens with zero attached hydrogens (tertiary/aromatic N) is 5. The normalized spacial score (nSPS) is 14.1. The molecule has 6 nitrogen and oxygen atoms in total. The van der Waals surface area contributed by atoms with E-state index in [1.165, 1.54) is 6.07 Å². The third kappa shape index (κ3) is 2.74. The summed E-state index contributed by atoms with van der Waals surface area (Å²) in [5, 5.41) is 12.9. The molecule has 0 spiro atoms. The average Bonchev–Trinajstić information content (AvgIpc) is 3.39. The van der Waals surface area contributed by atoms with E-state index in [2.05, 4.69) is 34.0 Å². The summed E-state index contributed by atoms with van der Waals surface area (Å²) in [4.78, 5) is 4.68. The molecule has 28 heavy (non-hydrogen) atoms. The molecule has 7 heteroatoms. The summed E-state index contributed by atoms with van der Waals surface area (Å²) in [7, 11) is 0. The lowest BCUT2D eigenvalue weighted by atomic mass is 10.1. The third-order valence-corrected chi connectivity index (χ3v) is 5.14. The Morgan fingerprint density at radius 1 is 1.36 bits per heavy atom. The molecular weight excluding hydrogens is 355 g/mol. The molecule has 0 saturated heterocycles. The molecule has 0 atom stereocenters. The van der Waals surface area contributed by atoms with Gasteiger partial charge < -0.3 is 5.32 Å². The van der Waals surface area contributed by atoms with Crippen molar-refractivity contribution in [2.24, 2.45) is 5.92 Å². The number of hydrogen-bond donors (Lipinski definition) is 1. The van der Waals surface area contributed by atoms with E-state index in [4.69, 9.17) is 0 Å². The second-order valence-corrected chi connectivity index (χ2v) is 7.27. The van der Waals surface area contributed by atoms with Gasteiger partial charge in [-0.2, -0.15) is 10.2 Å². The van der Waals surface area contributed by atoms with Gasteiger partial charge in [0, 0.05) is 24.0 Å². The lowest BCUT2D eigenvalue weighted by molar-refractivity contribution is 0.613. The van der Waals surface area contributed by atoms with Crippen LogP contribution in [0.3, 0.4) is 0 Å². The zero-order valence-corrected chi connectivity index (χ0v) is 15.7. The number of pyridine rings is 2. The molecule has 0 bridgehead atoms. The molecule has 4 aromatic heterocycles. The van der Waals surface area contributed by atoms with Crippen molar-refractivity contribution < 1.29 is 4.39 Å². The minimum atomic E-state index is -0.387. The molecule has 0 radical (unpaired) electrons. The van der Waals surface area contributed by atoms with Crippen LogP contribution >= 0.6 is 0 Å². The number of aryl methyl sites for hydroxylation is 1. The Hall–Kier alpha value is -3.22. The number of nitrogens with one attached hydrogen (secondary N) is 1. The summed E-state index contributed by atoms with van der Waals surface area (Å²) < 4.78 is 18.7. The van der Waals surface area contributed by atoms with Gasteiger partial charge in [-0.3, -0.25) is 0 Å². The van der Waals surface area contributed by atoms with Gasteiger partial charge in [0.25, 0.3) is 0 Å². The minimum Gasteiger partial charge on any atom is -0.342 e. The Balaban J connectivity index is 1.66. The van der Waals surface area contributed by atoms with E-state index in [0.29, 0.717) is 40.6 Å². The Morgan fingerprint density at radius 2 is 2.21 bits per heavy atom. The van der Waals surface area contributed by atoms with E-state index >= 15 is 4.39 Å². The molecule has 1 fully saturated rings. The fraction of sp³-hybridized carbons (Fsp3) is 0.286. The van der Waals surface area contributed by atoms with Crippen LogP contribution < -0.4 is 5.32 Å². The molecule has 0 amide bonds. The Labute approximate surface area is 161 Å². The van der Waals surface area contributed by atoms with Gasteiger partial charge in [0.05, 0.1) is 17.1 Å². The predicted molar refractivity (Wildman–Crippen MR) is 107 cm³/mol. The van der Waals surface area contributed by atoms with E-state index in [0.717, 1.165) is 30.5 Å². The number of hydrogen-bond acceptors (Lipinski definition) is 4. The standard InChI is InChI=1S/C21H21FN6/c1-3-9-28-21-15(20(26-28)24-13(2)14-7-8-14)11-17(22)19(25-21)16-12-23-27-10-5-4-6-18(16)27/h4-6,10-12,14H,2-3,7-9H2,1H3,(H,24,26). The van der Waals surface area contributed by atoms with Gasteiger partial charge in [-0.1, -0.05) is 19.6 Å². The molecule has 0 unspecified atom stereocenters. The lowest BCUT2D eigenvalue weighted by Gasteiger charge is -2.06. The molecule has 4 heterocycles. The highest BCUT2D eigenvalue weighted by atomic mass is 19.1. The van der Waals surface area contributed by atoms with Crippen molar-refractivity contribution in [2.45, 2.75) is 32.7 Å². The van der Waals surface area contributed by atoms with Gasteiger partial charge in [0.1, 0.15) is 5.69 Å². The van der Waals surface area contributed by atoms with Crippen molar-refractivity contribution in [3.05, 3.63) is 54.8 Å². The van der Waals surface area contributed by atoms with Gasteiger partial charge in [-0.25, -0.2) is 18.6 Å². The van der Waals surface area contributed by atoms with Crippen LogP contribution in [-0.2, 0) is 6.54 Å². The van der Waals surface area contributed by atoms with Crippen LogP contribution in [0.2, 0.25) is 0 Å². The van der Waals surface area contributed by atoms with E-state index in [1.54, 1.807) is 10.7 Å². The van der Waals surface area contributed by atoms with Gasteiger partial charge in [0.2, 0.25) is 0 Å². The van der Waals surface area contributed by atoms with E-state index in [-0.39, 0.29) is 5.82 Å².